The number of nitrogens with one attached hydrogen (secondary N) is 1. The predicted octanol–water partition coefficient (Wildman–Crippen LogP) is 5.26. The Morgan fingerprint density at radius 1 is 0.902 bits per heavy atom. The topological polar surface area (TPSA) is 94.2 Å². The number of anilines is 1. The van der Waals surface area contributed by atoms with Crippen LogP contribution >= 0.6 is 0 Å². The van der Waals surface area contributed by atoms with Crippen molar-refractivity contribution in [1.29, 1.82) is 0 Å². The van der Waals surface area contributed by atoms with Crippen molar-refractivity contribution in [1.82, 2.24) is 5.32 Å². The number of rotatable bonds is 10. The van der Waals surface area contributed by atoms with Gasteiger partial charge in [-0.05, 0) is 76.4 Å². The summed E-state index contributed by atoms with van der Waals surface area (Å²) in [5.41, 5.74) is 4.81. The zero-order chi connectivity index (χ0) is 29.7. The van der Waals surface area contributed by atoms with E-state index >= 15 is 0 Å². The van der Waals surface area contributed by atoms with Gasteiger partial charge in [0, 0.05) is 47.6 Å². The molecular formula is C33H40N2O6. The highest BCUT2D eigenvalue weighted by Gasteiger charge is 2.49. The third-order valence-electron chi connectivity index (χ3n) is 7.95. The van der Waals surface area contributed by atoms with E-state index in [4.69, 9.17) is 14.2 Å². The highest BCUT2D eigenvalue weighted by molar-refractivity contribution is 6.13. The normalized spacial score (nSPS) is 20.2. The Labute approximate surface area is 242 Å². The summed E-state index contributed by atoms with van der Waals surface area (Å²) in [6.45, 7) is 11.6. The second-order valence-electron chi connectivity index (χ2n) is 10.2. The van der Waals surface area contributed by atoms with E-state index in [0.717, 1.165) is 29.9 Å². The van der Waals surface area contributed by atoms with Crippen LogP contribution in [0.25, 0.3) is 0 Å². The van der Waals surface area contributed by atoms with Gasteiger partial charge in [0.15, 0.2) is 5.78 Å². The first-order valence-electron chi connectivity index (χ1n) is 14.4. The molecule has 0 unspecified atom stereocenters. The maximum Gasteiger partial charge on any atom is 0.336 e. The molecule has 1 aliphatic carbocycles. The van der Waals surface area contributed by atoms with E-state index in [1.54, 1.807) is 21.0 Å². The summed E-state index contributed by atoms with van der Waals surface area (Å²) in [6.07, 6.45) is 0.401. The number of hydrogen-bond acceptors (Lipinski definition) is 8. The standard InChI is InChI=1S/C33H40N2O6/c1-7-35(8-2)23-15-11-22(12-16-23)28-27(32(37)40-9-3)20(5)34-26-19-25(21-13-17-24(39-6)18-14-21)29(31(36)30(26)28)33(38)41-10-4/h11-18,25,28-29,34H,7-10,19H2,1-6H3/t25-,28+,29+/m0/s1. The van der Waals surface area contributed by atoms with Gasteiger partial charge >= 0.3 is 11.9 Å². The molecule has 3 atom stereocenters. The van der Waals surface area contributed by atoms with Crippen molar-refractivity contribution in [2.24, 2.45) is 5.92 Å². The van der Waals surface area contributed by atoms with Crippen LogP contribution in [0.2, 0.25) is 0 Å². The number of nitrogens with zero attached hydrogens (tertiary/aromatic N) is 1. The van der Waals surface area contributed by atoms with Crippen LogP contribution in [0.15, 0.2) is 71.1 Å². The molecule has 1 N–H and O–H groups in total. The zero-order valence-electron chi connectivity index (χ0n) is 24.8. The number of methoxy groups -OCH3 is 1. The van der Waals surface area contributed by atoms with E-state index in [1.807, 2.05) is 55.5 Å². The van der Waals surface area contributed by atoms with Gasteiger partial charge < -0.3 is 24.4 Å². The molecule has 8 nitrogen and oxygen atoms in total. The van der Waals surface area contributed by atoms with Crippen molar-refractivity contribution in [2.45, 2.75) is 52.9 Å². The lowest BCUT2D eigenvalue weighted by molar-refractivity contribution is -0.152. The van der Waals surface area contributed by atoms with Crippen LogP contribution in [0.3, 0.4) is 0 Å². The van der Waals surface area contributed by atoms with Crippen LogP contribution in [0.4, 0.5) is 5.69 Å². The van der Waals surface area contributed by atoms with E-state index in [-0.39, 0.29) is 19.0 Å². The Morgan fingerprint density at radius 2 is 1.51 bits per heavy atom. The van der Waals surface area contributed by atoms with E-state index < -0.39 is 29.7 Å². The number of ketones is 1. The monoisotopic (exact) mass is 560 g/mol. The van der Waals surface area contributed by atoms with E-state index in [0.29, 0.717) is 34.7 Å². The van der Waals surface area contributed by atoms with E-state index in [1.165, 1.54) is 0 Å². The lowest BCUT2D eigenvalue weighted by atomic mass is 9.67. The summed E-state index contributed by atoms with van der Waals surface area (Å²) in [6, 6.07) is 15.4. The molecule has 0 radical (unpaired) electrons. The van der Waals surface area contributed by atoms with Gasteiger partial charge in [0.2, 0.25) is 0 Å². The molecule has 0 bridgehead atoms. The Kier molecular flexibility index (Phi) is 9.53. The third kappa shape index (κ3) is 5.87. The lowest BCUT2D eigenvalue weighted by Crippen LogP contribution is -2.43. The molecule has 2 aliphatic rings. The number of hydrogen-bond donors (Lipinski definition) is 1. The minimum atomic E-state index is -1.05. The zero-order valence-corrected chi connectivity index (χ0v) is 24.8. The van der Waals surface area contributed by atoms with Gasteiger partial charge in [0.1, 0.15) is 11.7 Å². The molecule has 0 amide bonds. The molecule has 218 valence electrons. The number of benzene rings is 2. The number of ether oxygens (including phenoxy) is 3. The molecule has 8 heteroatoms. The van der Waals surface area contributed by atoms with Crippen molar-refractivity contribution in [3.8, 4) is 5.75 Å². The largest absolute Gasteiger partial charge is 0.497 e. The fourth-order valence-electron chi connectivity index (χ4n) is 5.98. The molecule has 0 saturated heterocycles. The average molecular weight is 561 g/mol. The summed E-state index contributed by atoms with van der Waals surface area (Å²) in [5, 5.41) is 3.35. The molecule has 1 aliphatic heterocycles. The maximum absolute atomic E-state index is 14.5. The van der Waals surface area contributed by atoms with Gasteiger partial charge in [0.05, 0.1) is 25.9 Å². The molecule has 0 aromatic heterocycles. The van der Waals surface area contributed by atoms with Crippen molar-refractivity contribution >= 4 is 23.4 Å². The average Bonchev–Trinajstić information content (AvgIpc) is 2.97. The molecule has 1 heterocycles. The Hall–Kier alpha value is -4.07. The van der Waals surface area contributed by atoms with Crippen LogP contribution in [0.1, 0.15) is 64.0 Å². The molecule has 41 heavy (non-hydrogen) atoms. The summed E-state index contributed by atoms with van der Waals surface area (Å²) in [7, 11) is 1.59. The van der Waals surface area contributed by atoms with Crippen LogP contribution < -0.4 is 15.0 Å². The Balaban J connectivity index is 1.87. The summed E-state index contributed by atoms with van der Waals surface area (Å²) in [5.74, 6) is -2.89. The smallest absolute Gasteiger partial charge is 0.336 e. The molecular weight excluding hydrogens is 520 g/mol. The van der Waals surface area contributed by atoms with E-state index in [9.17, 15) is 14.4 Å². The number of carbonyl (C=O) groups is 3. The Bertz CT molecular complexity index is 1340. The number of esters is 2. The fourth-order valence-corrected chi connectivity index (χ4v) is 5.98. The van der Waals surface area contributed by atoms with Gasteiger partial charge in [-0.3, -0.25) is 9.59 Å². The summed E-state index contributed by atoms with van der Waals surface area (Å²) in [4.78, 5) is 43.4. The van der Waals surface area contributed by atoms with Crippen LogP contribution in [-0.4, -0.2) is 51.1 Å². The van der Waals surface area contributed by atoms with Crippen molar-refractivity contribution in [2.75, 3.05) is 38.3 Å². The summed E-state index contributed by atoms with van der Waals surface area (Å²) >= 11 is 0. The first-order chi connectivity index (χ1) is 19.8. The van der Waals surface area contributed by atoms with Gasteiger partial charge in [0.25, 0.3) is 0 Å². The SMILES string of the molecule is CCOC(=O)C1=C(C)NC2=C(C(=O)[C@H](C(=O)OCC)[C@H](c3ccc(OC)cc3)C2)[C@@H]1c1ccc(N(CC)CC)cc1. The lowest BCUT2D eigenvalue weighted by Gasteiger charge is -2.39. The van der Waals surface area contributed by atoms with Crippen molar-refractivity contribution in [3.05, 3.63) is 82.2 Å². The van der Waals surface area contributed by atoms with E-state index in [2.05, 4.69) is 24.1 Å². The highest BCUT2D eigenvalue weighted by atomic mass is 16.5. The first-order valence-corrected chi connectivity index (χ1v) is 14.4. The molecule has 4 rings (SSSR count). The number of Topliss-reactive ketones (excluding diaryl/α,β-unsaturated/α-hetero) is 1. The number of allylic oxidation sites excluding steroid dienone is 3. The molecule has 0 fully saturated rings. The molecule has 0 spiro atoms. The maximum atomic E-state index is 14.5. The summed E-state index contributed by atoms with van der Waals surface area (Å²) < 4.78 is 16.2. The second-order valence-corrected chi connectivity index (χ2v) is 10.2. The van der Waals surface area contributed by atoms with Gasteiger partial charge in [-0.25, -0.2) is 4.79 Å². The van der Waals surface area contributed by atoms with Crippen LogP contribution in [-0.2, 0) is 23.9 Å². The van der Waals surface area contributed by atoms with Crippen LogP contribution in [0, 0.1) is 5.92 Å². The van der Waals surface area contributed by atoms with Crippen molar-refractivity contribution in [3.63, 3.8) is 0 Å². The molecule has 2 aromatic carbocycles. The molecule has 2 aromatic rings. The van der Waals surface area contributed by atoms with Crippen LogP contribution in [0.5, 0.6) is 5.75 Å². The minimum Gasteiger partial charge on any atom is -0.497 e. The molecule has 0 saturated carbocycles. The van der Waals surface area contributed by atoms with Gasteiger partial charge in [-0.15, -0.1) is 0 Å². The quantitative estimate of drug-likeness (QED) is 0.311. The minimum absolute atomic E-state index is 0.158. The highest BCUT2D eigenvalue weighted by Crippen LogP contribution is 2.48. The number of dihydropyridines is 1. The fraction of sp³-hybridized carbons (Fsp3) is 0.424. The second kappa shape index (κ2) is 13.1. The van der Waals surface area contributed by atoms with Gasteiger partial charge in [-0.2, -0.15) is 0 Å². The third-order valence-corrected chi connectivity index (χ3v) is 7.95. The number of carbonyl (C=O) groups excluding carboxylic acids is 3. The van der Waals surface area contributed by atoms with Crippen molar-refractivity contribution < 1.29 is 28.6 Å². The Morgan fingerprint density at radius 3 is 2.07 bits per heavy atom. The predicted molar refractivity (Wildman–Crippen MR) is 158 cm³/mol. The van der Waals surface area contributed by atoms with Gasteiger partial charge in [-0.1, -0.05) is 24.3 Å². The first kappa shape index (κ1) is 29.9.